The zero-order valence-corrected chi connectivity index (χ0v) is 11.0. The summed E-state index contributed by atoms with van der Waals surface area (Å²) in [5, 5.41) is 4.86. The molecule has 0 aliphatic rings. The Kier molecular flexibility index (Phi) is 4.75. The van der Waals surface area contributed by atoms with Crippen molar-refractivity contribution in [3.8, 4) is 0 Å². The van der Waals surface area contributed by atoms with Gasteiger partial charge in [-0.3, -0.25) is 4.79 Å². The third kappa shape index (κ3) is 4.26. The molecule has 0 bridgehead atoms. The number of rotatable bonds is 6. The maximum atomic E-state index is 11.7. The van der Waals surface area contributed by atoms with E-state index in [1.165, 1.54) is 0 Å². The van der Waals surface area contributed by atoms with E-state index < -0.39 is 0 Å². The molecule has 1 amide bonds. The lowest BCUT2D eigenvalue weighted by molar-refractivity contribution is -0.684. The van der Waals surface area contributed by atoms with Crippen LogP contribution in [0.25, 0.3) is 0 Å². The van der Waals surface area contributed by atoms with Crippen LogP contribution in [0, 0.1) is 0 Å². The summed E-state index contributed by atoms with van der Waals surface area (Å²) >= 11 is 0. The van der Waals surface area contributed by atoms with E-state index in [2.05, 4.69) is 5.32 Å². The molecule has 1 heterocycles. The first-order valence-corrected chi connectivity index (χ1v) is 6.43. The van der Waals surface area contributed by atoms with E-state index in [4.69, 9.17) is 4.42 Å². The van der Waals surface area contributed by atoms with Crippen LogP contribution in [0.4, 0.5) is 0 Å². The van der Waals surface area contributed by atoms with Gasteiger partial charge < -0.3 is 15.1 Å². The lowest BCUT2D eigenvalue weighted by atomic mass is 10.2. The van der Waals surface area contributed by atoms with Gasteiger partial charge in [0.15, 0.2) is 12.3 Å². The SMILES string of the molecule is C[C@@H]([NH2+]CC(=O)NCc1ccccc1)c1ccco1. The van der Waals surface area contributed by atoms with Gasteiger partial charge in [0, 0.05) is 6.54 Å². The Bertz CT molecular complexity index is 494. The molecule has 0 fully saturated rings. The van der Waals surface area contributed by atoms with Crippen LogP contribution in [-0.2, 0) is 11.3 Å². The third-order valence-electron chi connectivity index (χ3n) is 2.98. The second kappa shape index (κ2) is 6.75. The number of carbonyl (C=O) groups is 1. The van der Waals surface area contributed by atoms with Gasteiger partial charge in [-0.15, -0.1) is 0 Å². The summed E-state index contributed by atoms with van der Waals surface area (Å²) in [7, 11) is 0. The van der Waals surface area contributed by atoms with E-state index in [1.807, 2.05) is 54.7 Å². The van der Waals surface area contributed by atoms with Crippen molar-refractivity contribution >= 4 is 5.91 Å². The quantitative estimate of drug-likeness (QED) is 0.819. The first-order chi connectivity index (χ1) is 9.25. The molecule has 4 heteroatoms. The largest absolute Gasteiger partial charge is 0.463 e. The normalized spacial score (nSPS) is 12.1. The summed E-state index contributed by atoms with van der Waals surface area (Å²) in [6.07, 6.45) is 1.65. The molecule has 1 aromatic carbocycles. The van der Waals surface area contributed by atoms with Crippen LogP contribution in [0.3, 0.4) is 0 Å². The van der Waals surface area contributed by atoms with Crippen molar-refractivity contribution in [2.45, 2.75) is 19.5 Å². The summed E-state index contributed by atoms with van der Waals surface area (Å²) in [5.74, 6) is 0.915. The molecular formula is C15H19N2O2+. The minimum atomic E-state index is 0.0299. The number of nitrogens with one attached hydrogen (secondary N) is 1. The summed E-state index contributed by atoms with van der Waals surface area (Å²) in [6, 6.07) is 13.8. The Morgan fingerprint density at radius 3 is 2.74 bits per heavy atom. The number of quaternary nitrogens is 1. The number of hydrogen-bond acceptors (Lipinski definition) is 2. The highest BCUT2D eigenvalue weighted by molar-refractivity contribution is 5.76. The fourth-order valence-corrected chi connectivity index (χ4v) is 1.82. The minimum Gasteiger partial charge on any atom is -0.463 e. The van der Waals surface area contributed by atoms with Crippen molar-refractivity contribution in [1.82, 2.24) is 5.32 Å². The molecule has 2 aromatic rings. The van der Waals surface area contributed by atoms with Crippen LogP contribution in [0.5, 0.6) is 0 Å². The van der Waals surface area contributed by atoms with E-state index in [0.717, 1.165) is 11.3 Å². The van der Waals surface area contributed by atoms with Crippen LogP contribution in [0.15, 0.2) is 53.1 Å². The van der Waals surface area contributed by atoms with Crippen molar-refractivity contribution in [1.29, 1.82) is 0 Å². The molecule has 0 saturated carbocycles. The number of nitrogens with two attached hydrogens (primary N) is 1. The van der Waals surface area contributed by atoms with Crippen LogP contribution < -0.4 is 10.6 Å². The highest BCUT2D eigenvalue weighted by Gasteiger charge is 2.13. The number of benzene rings is 1. The number of amides is 1. The molecule has 0 unspecified atom stereocenters. The second-order valence-corrected chi connectivity index (χ2v) is 4.51. The topological polar surface area (TPSA) is 58.9 Å². The maximum absolute atomic E-state index is 11.7. The Labute approximate surface area is 112 Å². The lowest BCUT2D eigenvalue weighted by Gasteiger charge is -2.08. The summed E-state index contributed by atoms with van der Waals surface area (Å²) in [6.45, 7) is 2.99. The van der Waals surface area contributed by atoms with Crippen molar-refractivity contribution in [2.24, 2.45) is 0 Å². The first kappa shape index (κ1) is 13.4. The summed E-state index contributed by atoms with van der Waals surface area (Å²) in [4.78, 5) is 11.7. The van der Waals surface area contributed by atoms with Crippen molar-refractivity contribution < 1.29 is 14.5 Å². The first-order valence-electron chi connectivity index (χ1n) is 6.43. The molecule has 0 aliphatic heterocycles. The average molecular weight is 259 g/mol. The van der Waals surface area contributed by atoms with Crippen LogP contribution >= 0.6 is 0 Å². The smallest absolute Gasteiger partial charge is 0.275 e. The van der Waals surface area contributed by atoms with Gasteiger partial charge in [0.1, 0.15) is 6.04 Å². The lowest BCUT2D eigenvalue weighted by Crippen LogP contribution is -2.86. The molecule has 0 aliphatic carbocycles. The molecule has 19 heavy (non-hydrogen) atoms. The van der Waals surface area contributed by atoms with Crippen molar-refractivity contribution in [3.05, 3.63) is 60.1 Å². The van der Waals surface area contributed by atoms with E-state index >= 15 is 0 Å². The number of hydrogen-bond donors (Lipinski definition) is 2. The van der Waals surface area contributed by atoms with Gasteiger partial charge in [0.05, 0.1) is 6.26 Å². The molecular weight excluding hydrogens is 240 g/mol. The zero-order valence-electron chi connectivity index (χ0n) is 11.0. The molecule has 2 rings (SSSR count). The monoisotopic (exact) mass is 259 g/mol. The van der Waals surface area contributed by atoms with E-state index in [-0.39, 0.29) is 11.9 Å². The third-order valence-corrected chi connectivity index (χ3v) is 2.98. The molecule has 4 nitrogen and oxygen atoms in total. The summed E-state index contributed by atoms with van der Waals surface area (Å²) in [5.41, 5.74) is 1.11. The highest BCUT2D eigenvalue weighted by Crippen LogP contribution is 2.07. The Morgan fingerprint density at radius 1 is 1.26 bits per heavy atom. The van der Waals surface area contributed by atoms with Crippen LogP contribution in [-0.4, -0.2) is 12.5 Å². The highest BCUT2D eigenvalue weighted by atomic mass is 16.3. The minimum absolute atomic E-state index is 0.0299. The second-order valence-electron chi connectivity index (χ2n) is 4.51. The van der Waals surface area contributed by atoms with Gasteiger partial charge in [-0.2, -0.15) is 0 Å². The Morgan fingerprint density at radius 2 is 2.05 bits per heavy atom. The van der Waals surface area contributed by atoms with Gasteiger partial charge >= 0.3 is 0 Å². The van der Waals surface area contributed by atoms with Gasteiger partial charge in [0.25, 0.3) is 5.91 Å². The van der Waals surface area contributed by atoms with Crippen molar-refractivity contribution in [3.63, 3.8) is 0 Å². The van der Waals surface area contributed by atoms with Gasteiger partial charge in [-0.1, -0.05) is 30.3 Å². The van der Waals surface area contributed by atoms with Gasteiger partial charge in [-0.05, 0) is 24.6 Å². The standard InChI is InChI=1S/C15H18N2O2/c1-12(14-8-5-9-19-14)16-11-15(18)17-10-13-6-3-2-4-7-13/h2-9,12,16H,10-11H2,1H3,(H,17,18)/p+1/t12-/m1/s1. The Balaban J connectivity index is 1.70. The average Bonchev–Trinajstić information content (AvgIpc) is 2.98. The Hall–Kier alpha value is -2.07. The maximum Gasteiger partial charge on any atom is 0.275 e. The molecule has 0 saturated heterocycles. The van der Waals surface area contributed by atoms with E-state index in [9.17, 15) is 4.79 Å². The predicted molar refractivity (Wildman–Crippen MR) is 72.2 cm³/mol. The number of furan rings is 1. The van der Waals surface area contributed by atoms with Gasteiger partial charge in [-0.25, -0.2) is 0 Å². The van der Waals surface area contributed by atoms with Crippen LogP contribution in [0.1, 0.15) is 24.3 Å². The summed E-state index contributed by atoms with van der Waals surface area (Å²) < 4.78 is 5.29. The molecule has 0 radical (unpaired) electrons. The molecule has 3 N–H and O–H groups in total. The fraction of sp³-hybridized carbons (Fsp3) is 0.267. The van der Waals surface area contributed by atoms with Gasteiger partial charge in [0.2, 0.25) is 0 Å². The molecule has 1 atom stereocenters. The van der Waals surface area contributed by atoms with E-state index in [0.29, 0.717) is 13.1 Å². The molecule has 1 aromatic heterocycles. The molecule has 0 spiro atoms. The molecule has 100 valence electrons. The van der Waals surface area contributed by atoms with E-state index in [1.54, 1.807) is 6.26 Å². The number of carbonyl (C=O) groups excluding carboxylic acids is 1. The van der Waals surface area contributed by atoms with Crippen molar-refractivity contribution in [2.75, 3.05) is 6.54 Å². The van der Waals surface area contributed by atoms with Crippen LogP contribution in [0.2, 0.25) is 0 Å². The fourth-order valence-electron chi connectivity index (χ4n) is 1.82. The predicted octanol–water partition coefficient (Wildman–Crippen LogP) is 1.22. The zero-order chi connectivity index (χ0) is 13.5.